The molecule has 1 aromatic rings. The van der Waals surface area contributed by atoms with Gasteiger partial charge in [0.25, 0.3) is 5.56 Å². The first-order valence-corrected chi connectivity index (χ1v) is 5.05. The van der Waals surface area contributed by atoms with E-state index in [2.05, 4.69) is 24.1 Å². The lowest BCUT2D eigenvalue weighted by molar-refractivity contribution is 0.606. The fraction of sp³-hybridized carbons (Fsp3) is 0.600. The van der Waals surface area contributed by atoms with Gasteiger partial charge in [0.15, 0.2) is 0 Å². The topological polar surface area (TPSA) is 66.9 Å². The SMILES string of the molecule is CC(C)CCNc1cc(=O)n(C)c(=O)[nH]1. The van der Waals surface area contributed by atoms with Crippen LogP contribution in [0.1, 0.15) is 20.3 Å². The molecule has 0 aliphatic carbocycles. The van der Waals surface area contributed by atoms with Crippen LogP contribution in [0.5, 0.6) is 0 Å². The number of nitrogens with one attached hydrogen (secondary N) is 2. The highest BCUT2D eigenvalue weighted by Gasteiger charge is 2.00. The van der Waals surface area contributed by atoms with Crippen LogP contribution in [0.2, 0.25) is 0 Å². The van der Waals surface area contributed by atoms with E-state index in [-0.39, 0.29) is 5.56 Å². The van der Waals surface area contributed by atoms with Crippen LogP contribution in [0.15, 0.2) is 15.7 Å². The number of aromatic amines is 1. The maximum Gasteiger partial charge on any atom is 0.329 e. The lowest BCUT2D eigenvalue weighted by Crippen LogP contribution is -2.32. The van der Waals surface area contributed by atoms with Crippen LogP contribution >= 0.6 is 0 Å². The Hall–Kier alpha value is -1.52. The standard InChI is InChI=1S/C10H17N3O2/c1-7(2)4-5-11-8-6-9(14)13(3)10(15)12-8/h6-7,11H,4-5H2,1-3H3,(H,12,15). The second-order valence-corrected chi connectivity index (χ2v) is 3.99. The summed E-state index contributed by atoms with van der Waals surface area (Å²) in [6.07, 6.45) is 0.997. The number of hydrogen-bond acceptors (Lipinski definition) is 3. The molecule has 0 radical (unpaired) electrons. The van der Waals surface area contributed by atoms with Crippen molar-refractivity contribution in [2.24, 2.45) is 13.0 Å². The quantitative estimate of drug-likeness (QED) is 0.763. The summed E-state index contributed by atoms with van der Waals surface area (Å²) < 4.78 is 1.04. The van der Waals surface area contributed by atoms with Crippen molar-refractivity contribution in [3.8, 4) is 0 Å². The van der Waals surface area contributed by atoms with Crippen LogP contribution in [-0.2, 0) is 7.05 Å². The maximum atomic E-state index is 11.3. The van der Waals surface area contributed by atoms with Crippen molar-refractivity contribution in [1.82, 2.24) is 9.55 Å². The summed E-state index contributed by atoms with van der Waals surface area (Å²) in [5.74, 6) is 1.08. The van der Waals surface area contributed by atoms with E-state index in [0.29, 0.717) is 11.7 Å². The number of aromatic nitrogens is 2. The van der Waals surface area contributed by atoms with Crippen molar-refractivity contribution in [2.75, 3.05) is 11.9 Å². The molecule has 1 rings (SSSR count). The molecule has 0 fully saturated rings. The minimum absolute atomic E-state index is 0.300. The average Bonchev–Trinajstić information content (AvgIpc) is 2.13. The lowest BCUT2D eigenvalue weighted by Gasteiger charge is -2.07. The summed E-state index contributed by atoms with van der Waals surface area (Å²) in [4.78, 5) is 25.1. The normalized spacial score (nSPS) is 10.7. The molecule has 0 aliphatic rings. The first kappa shape index (κ1) is 11.6. The smallest absolute Gasteiger partial charge is 0.329 e. The van der Waals surface area contributed by atoms with Crippen molar-refractivity contribution in [1.29, 1.82) is 0 Å². The summed E-state index contributed by atoms with van der Waals surface area (Å²) in [7, 11) is 1.44. The van der Waals surface area contributed by atoms with E-state index in [0.717, 1.165) is 17.5 Å². The van der Waals surface area contributed by atoms with Crippen molar-refractivity contribution >= 4 is 5.82 Å². The monoisotopic (exact) mass is 211 g/mol. The number of hydrogen-bond donors (Lipinski definition) is 2. The van der Waals surface area contributed by atoms with E-state index >= 15 is 0 Å². The summed E-state index contributed by atoms with van der Waals surface area (Å²) in [6, 6.07) is 1.39. The Labute approximate surface area is 88.1 Å². The molecule has 5 nitrogen and oxygen atoms in total. The third-order valence-electron chi connectivity index (χ3n) is 2.18. The van der Waals surface area contributed by atoms with Gasteiger partial charge in [-0.1, -0.05) is 13.8 Å². The fourth-order valence-electron chi connectivity index (χ4n) is 1.15. The molecule has 0 spiro atoms. The van der Waals surface area contributed by atoms with Gasteiger partial charge in [-0.2, -0.15) is 0 Å². The van der Waals surface area contributed by atoms with Crippen molar-refractivity contribution in [2.45, 2.75) is 20.3 Å². The zero-order valence-corrected chi connectivity index (χ0v) is 9.33. The van der Waals surface area contributed by atoms with E-state index in [1.165, 1.54) is 13.1 Å². The fourth-order valence-corrected chi connectivity index (χ4v) is 1.15. The molecule has 0 saturated carbocycles. The number of nitrogens with zero attached hydrogens (tertiary/aromatic N) is 1. The first-order valence-electron chi connectivity index (χ1n) is 5.05. The predicted molar refractivity (Wildman–Crippen MR) is 60.2 cm³/mol. The number of H-pyrrole nitrogens is 1. The predicted octanol–water partition coefficient (Wildman–Crippen LogP) is 0.532. The van der Waals surface area contributed by atoms with Crippen molar-refractivity contribution in [3.63, 3.8) is 0 Å². The molecule has 15 heavy (non-hydrogen) atoms. The molecule has 2 N–H and O–H groups in total. The molecule has 1 heterocycles. The Morgan fingerprint density at radius 3 is 2.67 bits per heavy atom. The van der Waals surface area contributed by atoms with Gasteiger partial charge in [-0.3, -0.25) is 14.3 Å². The summed E-state index contributed by atoms with van der Waals surface area (Å²) in [6.45, 7) is 4.99. The van der Waals surface area contributed by atoms with Crippen LogP contribution in [0.4, 0.5) is 5.82 Å². The molecule has 5 heteroatoms. The van der Waals surface area contributed by atoms with Crippen LogP contribution in [0, 0.1) is 5.92 Å². The Morgan fingerprint density at radius 1 is 1.47 bits per heavy atom. The largest absolute Gasteiger partial charge is 0.371 e. The van der Waals surface area contributed by atoms with Gasteiger partial charge < -0.3 is 5.32 Å². The first-order chi connectivity index (χ1) is 7.00. The second-order valence-electron chi connectivity index (χ2n) is 3.99. The second kappa shape index (κ2) is 4.82. The van der Waals surface area contributed by atoms with Gasteiger partial charge in [0.05, 0.1) is 0 Å². The highest BCUT2D eigenvalue weighted by atomic mass is 16.2. The van der Waals surface area contributed by atoms with Crippen LogP contribution in [0.3, 0.4) is 0 Å². The summed E-state index contributed by atoms with van der Waals surface area (Å²) in [5, 5.41) is 3.02. The molecular weight excluding hydrogens is 194 g/mol. The molecule has 1 aromatic heterocycles. The molecule has 0 unspecified atom stereocenters. The summed E-state index contributed by atoms with van der Waals surface area (Å²) in [5.41, 5.74) is -0.694. The minimum Gasteiger partial charge on any atom is -0.371 e. The van der Waals surface area contributed by atoms with Crippen LogP contribution in [-0.4, -0.2) is 16.1 Å². The van der Waals surface area contributed by atoms with Crippen LogP contribution < -0.4 is 16.6 Å². The van der Waals surface area contributed by atoms with E-state index in [9.17, 15) is 9.59 Å². The molecule has 0 amide bonds. The van der Waals surface area contributed by atoms with E-state index in [4.69, 9.17) is 0 Å². The number of rotatable bonds is 4. The molecule has 0 bridgehead atoms. The average molecular weight is 211 g/mol. The van der Waals surface area contributed by atoms with E-state index in [1.807, 2.05) is 0 Å². The molecule has 84 valence electrons. The Bertz CT molecular complexity index is 400. The summed E-state index contributed by atoms with van der Waals surface area (Å²) >= 11 is 0. The molecular formula is C10H17N3O2. The highest BCUT2D eigenvalue weighted by molar-refractivity contribution is 5.31. The molecule has 0 aromatic carbocycles. The Morgan fingerprint density at radius 2 is 2.13 bits per heavy atom. The van der Waals surface area contributed by atoms with E-state index in [1.54, 1.807) is 0 Å². The van der Waals surface area contributed by atoms with Gasteiger partial charge >= 0.3 is 5.69 Å². The zero-order chi connectivity index (χ0) is 11.4. The maximum absolute atomic E-state index is 11.3. The van der Waals surface area contributed by atoms with Crippen molar-refractivity contribution < 1.29 is 0 Å². The molecule has 0 saturated heterocycles. The number of anilines is 1. The van der Waals surface area contributed by atoms with Gasteiger partial charge in [-0.25, -0.2) is 4.79 Å². The third-order valence-corrected chi connectivity index (χ3v) is 2.18. The van der Waals surface area contributed by atoms with Gasteiger partial charge in [0, 0.05) is 19.7 Å². The van der Waals surface area contributed by atoms with Gasteiger partial charge in [0.2, 0.25) is 0 Å². The highest BCUT2D eigenvalue weighted by Crippen LogP contribution is 2.00. The van der Waals surface area contributed by atoms with Crippen molar-refractivity contribution in [3.05, 3.63) is 26.9 Å². The zero-order valence-electron chi connectivity index (χ0n) is 9.33. The van der Waals surface area contributed by atoms with Gasteiger partial charge in [-0.15, -0.1) is 0 Å². The third kappa shape index (κ3) is 3.27. The van der Waals surface area contributed by atoms with Crippen LogP contribution in [0.25, 0.3) is 0 Å². The van der Waals surface area contributed by atoms with E-state index < -0.39 is 5.69 Å². The minimum atomic E-state index is -0.394. The lowest BCUT2D eigenvalue weighted by atomic mass is 10.1. The molecule has 0 aliphatic heterocycles. The Balaban J connectivity index is 2.71. The molecule has 0 atom stereocenters. The van der Waals surface area contributed by atoms with Gasteiger partial charge in [-0.05, 0) is 12.3 Å². The Kier molecular flexibility index (Phi) is 3.71. The van der Waals surface area contributed by atoms with Gasteiger partial charge in [0.1, 0.15) is 5.82 Å².